The molecule has 0 radical (unpaired) electrons. The molecular weight excluding hydrogens is 553 g/mol. The topological polar surface area (TPSA) is 0 Å². The van der Waals surface area contributed by atoms with Gasteiger partial charge in [0.25, 0.3) is 0 Å². The molecule has 268 valence electrons. The molecule has 0 nitrogen and oxygen atoms in total. The van der Waals surface area contributed by atoms with E-state index >= 15 is 0 Å². The third kappa shape index (κ3) is 13.4. The molecule has 46 heavy (non-hydrogen) atoms. The van der Waals surface area contributed by atoms with Crippen molar-refractivity contribution < 1.29 is 0 Å². The molecule has 0 aromatic carbocycles. The van der Waals surface area contributed by atoms with Gasteiger partial charge in [0.05, 0.1) is 0 Å². The quantitative estimate of drug-likeness (QED) is 0.269. The summed E-state index contributed by atoms with van der Waals surface area (Å²) in [6.07, 6.45) is 58.5. The van der Waals surface area contributed by atoms with Crippen LogP contribution in [-0.2, 0) is 0 Å². The number of hydrogen-bond donors (Lipinski definition) is 0. The van der Waals surface area contributed by atoms with Gasteiger partial charge >= 0.3 is 0 Å². The second kappa shape index (κ2) is 22.7. The van der Waals surface area contributed by atoms with Gasteiger partial charge in [-0.05, 0) is 47.3 Å². The molecule has 8 saturated carbocycles. The maximum absolute atomic E-state index is 1.56. The Morgan fingerprint density at radius 1 is 0.109 bits per heavy atom. The van der Waals surface area contributed by atoms with Gasteiger partial charge in [-0.15, -0.1) is 0 Å². The molecule has 0 N–H and O–H groups in total. The molecule has 0 amide bonds. The van der Waals surface area contributed by atoms with Crippen molar-refractivity contribution in [2.24, 2.45) is 47.3 Å². The molecule has 0 saturated heterocycles. The van der Waals surface area contributed by atoms with Crippen molar-refractivity contribution in [1.82, 2.24) is 0 Å². The minimum atomic E-state index is 1.13. The lowest BCUT2D eigenvalue weighted by Crippen LogP contribution is -2.20. The fourth-order valence-corrected chi connectivity index (χ4v) is 12.5. The molecule has 0 bridgehead atoms. The maximum atomic E-state index is 1.56. The van der Waals surface area contributed by atoms with E-state index in [0.29, 0.717) is 0 Å². The molecule has 0 aromatic rings. The Morgan fingerprint density at radius 2 is 0.196 bits per heavy atom. The summed E-state index contributed by atoms with van der Waals surface area (Å²) in [6, 6.07) is 0. The van der Waals surface area contributed by atoms with Gasteiger partial charge in [0, 0.05) is 0 Å². The van der Waals surface area contributed by atoms with Crippen LogP contribution in [0.15, 0.2) is 0 Å². The highest BCUT2D eigenvalue weighted by atomic mass is 14.3. The van der Waals surface area contributed by atoms with Crippen LogP contribution < -0.4 is 0 Å². The summed E-state index contributed by atoms with van der Waals surface area (Å²) < 4.78 is 0. The summed E-state index contributed by atoms with van der Waals surface area (Å²) in [5, 5.41) is 0. The van der Waals surface area contributed by atoms with Crippen LogP contribution in [0.1, 0.15) is 244 Å². The Bertz CT molecular complexity index is 658. The molecule has 8 fully saturated rings. The zero-order chi connectivity index (χ0) is 31.5. The van der Waals surface area contributed by atoms with Crippen LogP contribution in [0.5, 0.6) is 0 Å². The van der Waals surface area contributed by atoms with E-state index in [1.54, 1.807) is 103 Å². The van der Waals surface area contributed by atoms with Crippen molar-refractivity contribution in [3.8, 4) is 0 Å². The van der Waals surface area contributed by atoms with Gasteiger partial charge in [-0.2, -0.15) is 0 Å². The fraction of sp³-hybridized carbons (Fsp3) is 1.00. The smallest absolute Gasteiger partial charge is 0.0386 e. The fourth-order valence-electron chi connectivity index (χ4n) is 12.5. The molecule has 0 heterocycles. The van der Waals surface area contributed by atoms with Gasteiger partial charge in [0.15, 0.2) is 0 Å². The lowest BCUT2D eigenvalue weighted by Gasteiger charge is -2.32. The number of rotatable bonds is 4. The van der Waals surface area contributed by atoms with Crippen LogP contribution in [0.4, 0.5) is 0 Å². The molecule has 8 aliphatic rings. The van der Waals surface area contributed by atoms with Gasteiger partial charge in [0.2, 0.25) is 0 Å². The summed E-state index contributed by atoms with van der Waals surface area (Å²) in [4.78, 5) is 0. The predicted molar refractivity (Wildman–Crippen MR) is 203 cm³/mol. The van der Waals surface area contributed by atoms with E-state index in [0.717, 1.165) is 47.3 Å². The summed E-state index contributed by atoms with van der Waals surface area (Å²) in [5.41, 5.74) is 0. The molecule has 8 rings (SSSR count). The Kier molecular flexibility index (Phi) is 18.4. The highest BCUT2D eigenvalue weighted by Gasteiger charge is 2.28. The third-order valence-corrected chi connectivity index (χ3v) is 15.4. The van der Waals surface area contributed by atoms with Gasteiger partial charge in [-0.1, -0.05) is 244 Å². The Balaban J connectivity index is 0.000000121. The first-order chi connectivity index (χ1) is 22.9. The monoisotopic (exact) mass is 637 g/mol. The van der Waals surface area contributed by atoms with Crippen molar-refractivity contribution >= 4 is 0 Å². The molecule has 0 unspecified atom stereocenters. The third-order valence-electron chi connectivity index (χ3n) is 15.4. The Hall–Kier alpha value is 0. The normalized spacial score (nSPS) is 29.2. The molecule has 0 aromatic heterocycles. The molecule has 0 aliphatic heterocycles. The van der Waals surface area contributed by atoms with E-state index in [4.69, 9.17) is 0 Å². The average molecular weight is 637 g/mol. The minimum Gasteiger partial charge on any atom is -0.0533 e. The van der Waals surface area contributed by atoms with Crippen LogP contribution in [0, 0.1) is 47.3 Å². The standard InChI is InChI=1S/C13H24.C12H22.C11H20.C10H18/c1-2-5-9-12(8-4-1)13-10-6-3-7-11-13;1-3-7-11(8-4-1)12-9-5-2-6-10-12;1-2-6-10(7-3-1)11-8-4-5-9-11;1-2-6-9(5-1)10-7-3-4-8-10/h12-13H,1-11H2;11-12H,1-10H2;10-11H,1-9H2;9-10H,1-8H2. The summed E-state index contributed by atoms with van der Waals surface area (Å²) in [6.45, 7) is 0. The van der Waals surface area contributed by atoms with Crippen molar-refractivity contribution in [3.05, 3.63) is 0 Å². The maximum Gasteiger partial charge on any atom is -0.0386 e. The van der Waals surface area contributed by atoms with Crippen LogP contribution in [0.2, 0.25) is 0 Å². The van der Waals surface area contributed by atoms with Gasteiger partial charge in [-0.3, -0.25) is 0 Å². The van der Waals surface area contributed by atoms with E-state index < -0.39 is 0 Å². The summed E-state index contributed by atoms with van der Waals surface area (Å²) in [7, 11) is 0. The van der Waals surface area contributed by atoms with E-state index in [-0.39, 0.29) is 0 Å². The molecule has 0 spiro atoms. The van der Waals surface area contributed by atoms with Crippen molar-refractivity contribution in [2.75, 3.05) is 0 Å². The van der Waals surface area contributed by atoms with Gasteiger partial charge in [-0.25, -0.2) is 0 Å². The molecule has 0 heteroatoms. The van der Waals surface area contributed by atoms with Crippen LogP contribution in [-0.4, -0.2) is 0 Å². The Morgan fingerprint density at radius 3 is 0.326 bits per heavy atom. The lowest BCUT2D eigenvalue weighted by molar-refractivity contribution is 0.196. The number of hydrogen-bond acceptors (Lipinski definition) is 0. The van der Waals surface area contributed by atoms with Crippen molar-refractivity contribution in [1.29, 1.82) is 0 Å². The summed E-state index contributed by atoms with van der Waals surface area (Å²) in [5.74, 6) is 9.14. The molecule has 0 atom stereocenters. The summed E-state index contributed by atoms with van der Waals surface area (Å²) >= 11 is 0. The highest BCUT2D eigenvalue weighted by Crippen LogP contribution is 2.41. The lowest BCUT2D eigenvalue weighted by atomic mass is 9.73. The SMILES string of the molecule is C1CCC(C2CCCC2)C1.C1CCC(C2CCCC2)CC1.C1CCC(C2CCCCC2)CC1.C1CCCC(C2CCCCC2)CC1. The first-order valence-corrected chi connectivity index (χ1v) is 22.9. The van der Waals surface area contributed by atoms with E-state index in [1.807, 2.05) is 0 Å². The van der Waals surface area contributed by atoms with E-state index in [2.05, 4.69) is 0 Å². The minimum absolute atomic E-state index is 1.13. The zero-order valence-corrected chi connectivity index (χ0v) is 31.5. The van der Waals surface area contributed by atoms with E-state index in [9.17, 15) is 0 Å². The van der Waals surface area contributed by atoms with Crippen molar-refractivity contribution in [2.45, 2.75) is 244 Å². The molecule has 8 aliphatic carbocycles. The highest BCUT2D eigenvalue weighted by molar-refractivity contribution is 4.80. The van der Waals surface area contributed by atoms with Crippen LogP contribution >= 0.6 is 0 Å². The first kappa shape index (κ1) is 37.3. The largest absolute Gasteiger partial charge is 0.0533 e. The van der Waals surface area contributed by atoms with Gasteiger partial charge in [0.1, 0.15) is 0 Å². The second-order valence-corrected chi connectivity index (χ2v) is 18.5. The average Bonchev–Trinajstić information content (AvgIpc) is 3.94. The first-order valence-electron chi connectivity index (χ1n) is 22.9. The van der Waals surface area contributed by atoms with Crippen LogP contribution in [0.3, 0.4) is 0 Å². The van der Waals surface area contributed by atoms with Crippen molar-refractivity contribution in [3.63, 3.8) is 0 Å². The second-order valence-electron chi connectivity index (χ2n) is 18.5. The molecular formula is C46H84. The van der Waals surface area contributed by atoms with Crippen LogP contribution in [0.25, 0.3) is 0 Å². The van der Waals surface area contributed by atoms with E-state index in [1.165, 1.54) is 141 Å². The Labute approximate surface area is 290 Å². The van der Waals surface area contributed by atoms with Gasteiger partial charge < -0.3 is 0 Å². The zero-order valence-electron chi connectivity index (χ0n) is 31.5. The predicted octanol–water partition coefficient (Wildman–Crippen LogP) is 15.8.